The Kier molecular flexibility index (Phi) is 9.28. The summed E-state index contributed by atoms with van der Waals surface area (Å²) in [7, 11) is 0. The lowest BCUT2D eigenvalue weighted by atomic mass is 9.84. The third-order valence-corrected chi connectivity index (χ3v) is 15.7. The maximum absolute atomic E-state index is 6.04. The van der Waals surface area contributed by atoms with E-state index in [0.29, 0.717) is 0 Å². The second kappa shape index (κ2) is 15.5. The number of benzene rings is 9. The highest BCUT2D eigenvalue weighted by Crippen LogP contribution is 2.52. The molecule has 0 aliphatic carbocycles. The van der Waals surface area contributed by atoms with Gasteiger partial charge in [0.15, 0.2) is 11.3 Å². The number of para-hydroxylation sites is 4. The quantitative estimate of drug-likeness (QED) is 0.167. The van der Waals surface area contributed by atoms with E-state index in [2.05, 4.69) is 269 Å². The molecule has 0 bridgehead atoms. The maximum atomic E-state index is 6.04. The van der Waals surface area contributed by atoms with Crippen LogP contribution in [0.5, 0.6) is 0 Å². The molecular weight excluding hydrogens is 901 g/mol. The minimum absolute atomic E-state index is 0.135. The molecule has 0 radical (unpaired) electrons. The van der Waals surface area contributed by atoms with Crippen LogP contribution < -0.4 is 9.80 Å². The zero-order valence-corrected chi connectivity index (χ0v) is 43.6. The predicted molar refractivity (Wildman–Crippen MR) is 314 cm³/mol. The highest BCUT2D eigenvalue weighted by molar-refractivity contribution is 6.33. The number of hydrogen-bond acceptors (Lipinski definition) is 4. The Balaban J connectivity index is 1.21. The lowest BCUT2D eigenvalue weighted by molar-refractivity contribution is 0.591. The molecule has 14 rings (SSSR count). The Bertz CT molecular complexity index is 4430. The van der Waals surface area contributed by atoms with Gasteiger partial charge in [-0.3, -0.25) is 8.80 Å². The molecule has 360 valence electrons. The van der Waals surface area contributed by atoms with Crippen molar-refractivity contribution in [2.75, 3.05) is 9.80 Å². The Labute approximate surface area is 431 Å². The van der Waals surface area contributed by atoms with Crippen LogP contribution >= 0.6 is 0 Å². The molecule has 5 aromatic heterocycles. The van der Waals surface area contributed by atoms with Crippen molar-refractivity contribution in [2.24, 2.45) is 0 Å². The topological polar surface area (TPSA) is 41.1 Å². The fourth-order valence-electron chi connectivity index (χ4n) is 11.9. The van der Waals surface area contributed by atoms with Crippen LogP contribution in [0.4, 0.5) is 34.1 Å². The molecule has 0 saturated heterocycles. The molecule has 0 spiro atoms. The average molecular weight is 959 g/mol. The van der Waals surface area contributed by atoms with Gasteiger partial charge in [0.2, 0.25) is 0 Å². The molecule has 0 fully saturated rings. The van der Waals surface area contributed by atoms with Gasteiger partial charge in [-0.1, -0.05) is 159 Å². The number of rotatable bonds is 6. The van der Waals surface area contributed by atoms with Gasteiger partial charge in [-0.2, -0.15) is 0 Å². The van der Waals surface area contributed by atoms with E-state index >= 15 is 0 Å². The maximum Gasteiger partial charge on any atom is 0.165 e. The van der Waals surface area contributed by atoms with Crippen molar-refractivity contribution in [2.45, 2.75) is 78.6 Å². The molecule has 74 heavy (non-hydrogen) atoms. The summed E-state index contributed by atoms with van der Waals surface area (Å²) in [6.07, 6.45) is 0. The monoisotopic (exact) mass is 958 g/mol. The van der Waals surface area contributed by atoms with E-state index in [0.717, 1.165) is 89.3 Å². The number of anilines is 6. The van der Waals surface area contributed by atoms with Crippen molar-refractivity contribution < 1.29 is 0 Å². The summed E-state index contributed by atoms with van der Waals surface area (Å²) < 4.78 is 4.94. The smallest absolute Gasteiger partial charge is 0.165 e. The Hall–Kier alpha value is -8.48. The SMILES string of the molecule is CC(C)(C)c1cc(N(c2ccccc2)c2ccccc2)c2c(c1)c1cc(C(C)(C)C)cc3c4nc5c(nc4n2c13)c1cc2ccccc2c2c3cc(C(C)(C)C)cc(N(c4ccccc4)c4ccccc4)c3n5c12. The molecule has 0 unspecified atom stereocenters. The second-order valence-corrected chi connectivity index (χ2v) is 23.6. The van der Waals surface area contributed by atoms with Crippen molar-refractivity contribution >= 4 is 122 Å². The lowest BCUT2D eigenvalue weighted by Crippen LogP contribution is -2.15. The van der Waals surface area contributed by atoms with E-state index < -0.39 is 0 Å². The number of aromatic nitrogens is 4. The highest BCUT2D eigenvalue weighted by atomic mass is 15.2. The summed E-state index contributed by atoms with van der Waals surface area (Å²) in [6.45, 7) is 20.9. The van der Waals surface area contributed by atoms with Crippen molar-refractivity contribution in [1.29, 1.82) is 0 Å². The van der Waals surface area contributed by atoms with Gasteiger partial charge in [0.1, 0.15) is 11.0 Å². The fraction of sp³-hybridized carbons (Fsp3) is 0.176. The van der Waals surface area contributed by atoms with Crippen molar-refractivity contribution in [1.82, 2.24) is 18.8 Å². The van der Waals surface area contributed by atoms with Gasteiger partial charge in [-0.15, -0.1) is 0 Å². The standard InChI is InChI=1S/C68H58N6/c1-66(2,3)42-35-50-51-36-43(67(4,5)6)39-55(71(45-25-14-10-15-26-45)46-27-16-11-17-28-46)61(51)73-60(50)54(38-42)59-64(73)69-58-53-34-41-24-22-23-33-49(41)57-52-37-44(68(7,8)9)40-56(62(52)74(63(53)57)65(58)70-59)72(47-29-18-12-19-30-47)48-31-20-13-21-32-48/h10-40H,1-9H3. The van der Waals surface area contributed by atoms with E-state index in [1.165, 1.54) is 49.0 Å². The molecule has 6 heteroatoms. The van der Waals surface area contributed by atoms with Crippen LogP contribution in [0.1, 0.15) is 79.0 Å². The summed E-state index contributed by atoms with van der Waals surface area (Å²) in [6, 6.07) is 69.2. The predicted octanol–water partition coefficient (Wildman–Crippen LogP) is 18.8. The molecule has 14 aromatic rings. The number of nitrogens with zero attached hydrogens (tertiary/aromatic N) is 6. The summed E-state index contributed by atoms with van der Waals surface area (Å²) in [4.78, 5) is 16.9. The van der Waals surface area contributed by atoms with Crippen LogP contribution in [0.25, 0.3) is 87.5 Å². The first kappa shape index (κ1) is 44.2. The molecular formula is C68H58N6. The Morgan fingerprint density at radius 1 is 0.324 bits per heavy atom. The third-order valence-electron chi connectivity index (χ3n) is 15.7. The van der Waals surface area contributed by atoms with Crippen LogP contribution in [0.15, 0.2) is 188 Å². The molecule has 5 heterocycles. The highest BCUT2D eigenvalue weighted by Gasteiger charge is 2.33. The lowest BCUT2D eigenvalue weighted by Gasteiger charge is -2.29. The van der Waals surface area contributed by atoms with Crippen LogP contribution in [0, 0.1) is 0 Å². The van der Waals surface area contributed by atoms with Crippen LogP contribution in [0.2, 0.25) is 0 Å². The molecule has 0 aliphatic heterocycles. The first-order valence-corrected chi connectivity index (χ1v) is 26.1. The molecule has 0 atom stereocenters. The molecule has 0 N–H and O–H groups in total. The zero-order valence-electron chi connectivity index (χ0n) is 43.6. The van der Waals surface area contributed by atoms with Crippen LogP contribution in [0.3, 0.4) is 0 Å². The first-order valence-electron chi connectivity index (χ1n) is 26.1. The van der Waals surface area contributed by atoms with Crippen LogP contribution in [-0.2, 0) is 16.2 Å². The molecule has 6 nitrogen and oxygen atoms in total. The van der Waals surface area contributed by atoms with Crippen molar-refractivity contribution in [3.8, 4) is 0 Å². The summed E-state index contributed by atoms with van der Waals surface area (Å²) in [5.41, 5.74) is 18.0. The van der Waals surface area contributed by atoms with Gasteiger partial charge in [0, 0.05) is 55.1 Å². The van der Waals surface area contributed by atoms with E-state index in [4.69, 9.17) is 9.97 Å². The van der Waals surface area contributed by atoms with Crippen molar-refractivity contribution in [3.05, 3.63) is 205 Å². The average Bonchev–Trinajstić information content (AvgIpc) is 4.15. The molecule has 0 amide bonds. The van der Waals surface area contributed by atoms with Crippen LogP contribution in [-0.4, -0.2) is 18.8 Å². The summed E-state index contributed by atoms with van der Waals surface area (Å²) in [5.74, 6) is 0. The molecule has 0 aliphatic rings. The van der Waals surface area contributed by atoms with Gasteiger partial charge in [0.05, 0.1) is 33.4 Å². The van der Waals surface area contributed by atoms with Gasteiger partial charge in [-0.05, 0) is 135 Å². The normalized spacial score (nSPS) is 12.9. The van der Waals surface area contributed by atoms with E-state index in [1.54, 1.807) is 0 Å². The first-order chi connectivity index (χ1) is 35.6. The van der Waals surface area contributed by atoms with Gasteiger partial charge >= 0.3 is 0 Å². The third kappa shape index (κ3) is 6.43. The van der Waals surface area contributed by atoms with E-state index in [1.807, 2.05) is 0 Å². The van der Waals surface area contributed by atoms with Gasteiger partial charge < -0.3 is 9.80 Å². The van der Waals surface area contributed by atoms with Gasteiger partial charge in [-0.25, -0.2) is 9.97 Å². The Morgan fingerprint density at radius 3 is 1.14 bits per heavy atom. The fourth-order valence-corrected chi connectivity index (χ4v) is 11.9. The molecule has 9 aromatic carbocycles. The minimum Gasteiger partial charge on any atom is -0.308 e. The number of hydrogen-bond donors (Lipinski definition) is 0. The Morgan fingerprint density at radius 2 is 0.676 bits per heavy atom. The van der Waals surface area contributed by atoms with E-state index in [9.17, 15) is 0 Å². The second-order valence-electron chi connectivity index (χ2n) is 23.6. The summed E-state index contributed by atoms with van der Waals surface area (Å²) >= 11 is 0. The molecule has 0 saturated carbocycles. The van der Waals surface area contributed by atoms with Gasteiger partial charge in [0.25, 0.3) is 0 Å². The number of fused-ring (bicyclic) bond motifs is 14. The summed E-state index contributed by atoms with van der Waals surface area (Å²) in [5, 5.41) is 9.48. The largest absolute Gasteiger partial charge is 0.308 e. The minimum atomic E-state index is -0.145. The zero-order chi connectivity index (χ0) is 50.6. The van der Waals surface area contributed by atoms with E-state index in [-0.39, 0.29) is 16.2 Å². The van der Waals surface area contributed by atoms with Crippen molar-refractivity contribution in [3.63, 3.8) is 0 Å².